The molecule has 0 radical (unpaired) electrons. The molecule has 5 rings (SSSR count). The smallest absolute Gasteiger partial charge is 0.411 e. The third-order valence-corrected chi connectivity index (χ3v) is 8.11. The number of piperazine rings is 1. The largest absolute Gasteiger partial charge is 0.448 e. The van der Waals surface area contributed by atoms with Crippen LogP contribution >= 0.6 is 11.3 Å². The molecule has 0 bridgehead atoms. The molecule has 2 heterocycles. The number of aryl methyl sites for hydroxylation is 1. The Balaban J connectivity index is 1.27. The summed E-state index contributed by atoms with van der Waals surface area (Å²) in [5.41, 5.74) is 3.92. The van der Waals surface area contributed by atoms with Gasteiger partial charge in [0.1, 0.15) is 18.2 Å². The molecule has 204 valence electrons. The molecule has 0 N–H and O–H groups in total. The molecule has 1 aliphatic carbocycles. The Morgan fingerprint density at radius 2 is 1.56 bits per heavy atom. The summed E-state index contributed by atoms with van der Waals surface area (Å²) >= 11 is 1.60. The Bertz CT molecular complexity index is 1300. The van der Waals surface area contributed by atoms with Gasteiger partial charge in [0.05, 0.1) is 6.54 Å². The Hall–Kier alpha value is -3.65. The van der Waals surface area contributed by atoms with E-state index < -0.39 is 23.8 Å². The number of Topliss-reactive ketones (excluding diaryl/α,β-unsaturated/α-hetero) is 1. The third kappa shape index (κ3) is 6.01. The number of hydrogen-bond acceptors (Lipinski definition) is 6. The number of nitrogens with zero attached hydrogens (tertiary/aromatic N) is 2. The van der Waals surface area contributed by atoms with Gasteiger partial charge in [-0.2, -0.15) is 0 Å². The van der Waals surface area contributed by atoms with Gasteiger partial charge in [-0.15, -0.1) is 11.3 Å². The van der Waals surface area contributed by atoms with Crippen LogP contribution in [0, 0.1) is 0 Å². The first-order chi connectivity index (χ1) is 18.7. The van der Waals surface area contributed by atoms with Crippen molar-refractivity contribution in [2.75, 3.05) is 26.2 Å². The van der Waals surface area contributed by atoms with E-state index in [1.165, 1.54) is 4.90 Å². The summed E-state index contributed by atoms with van der Waals surface area (Å²) < 4.78 is 11.4. The van der Waals surface area contributed by atoms with Crippen LogP contribution in [-0.4, -0.2) is 65.7 Å². The van der Waals surface area contributed by atoms with E-state index >= 15 is 0 Å². The number of amides is 2. The fraction of sp³-hybridized carbons (Fsp3) is 0.387. The molecule has 0 saturated carbocycles. The third-order valence-electron chi connectivity index (χ3n) is 7.17. The molecule has 1 saturated heterocycles. The molecule has 1 aromatic heterocycles. The molecule has 1 atom stereocenters. The maximum atomic E-state index is 13.4. The highest BCUT2D eigenvalue weighted by molar-refractivity contribution is 7.09. The van der Waals surface area contributed by atoms with Gasteiger partial charge in [-0.1, -0.05) is 54.6 Å². The van der Waals surface area contributed by atoms with Crippen molar-refractivity contribution in [1.82, 2.24) is 9.80 Å². The second-order valence-corrected chi connectivity index (χ2v) is 12.0. The lowest BCUT2D eigenvalue weighted by molar-refractivity contribution is -0.126. The normalized spacial score (nSPS) is 16.9. The number of ether oxygens (including phenoxy) is 2. The average molecular weight is 547 g/mol. The number of carbonyl (C=O) groups excluding carboxylic acids is 3. The SMILES string of the molecule is CC(C)(C)OC(=O)N1CCN(C(=O)OCC2c3ccccc3-c3ccccc32)C[C@H]1C(=O)CCc1cccs1. The molecular weight excluding hydrogens is 512 g/mol. The van der Waals surface area contributed by atoms with Gasteiger partial charge >= 0.3 is 12.2 Å². The van der Waals surface area contributed by atoms with Crippen molar-refractivity contribution in [2.24, 2.45) is 0 Å². The standard InChI is InChI=1S/C31H34N2O5S/c1-31(2,3)38-30(36)33-17-16-32(19-27(33)28(34)15-14-21-9-8-18-39-21)29(35)37-20-26-24-12-6-4-10-22(24)23-11-5-7-13-25(23)26/h4-13,18,26-27H,14-17,19-20H2,1-3H3/t27-/m0/s1. The molecular formula is C31H34N2O5S. The lowest BCUT2D eigenvalue weighted by atomic mass is 9.98. The Kier molecular flexibility index (Phi) is 7.75. The number of fused-ring (bicyclic) bond motifs is 3. The molecule has 0 spiro atoms. The molecule has 1 fully saturated rings. The van der Waals surface area contributed by atoms with Crippen LogP contribution in [0.2, 0.25) is 0 Å². The molecule has 0 unspecified atom stereocenters. The van der Waals surface area contributed by atoms with Crippen molar-refractivity contribution in [3.8, 4) is 11.1 Å². The predicted molar refractivity (Wildman–Crippen MR) is 151 cm³/mol. The van der Waals surface area contributed by atoms with Crippen LogP contribution in [0.5, 0.6) is 0 Å². The van der Waals surface area contributed by atoms with E-state index in [-0.39, 0.29) is 44.4 Å². The van der Waals surface area contributed by atoms with Gasteiger partial charge in [-0.05, 0) is 60.9 Å². The van der Waals surface area contributed by atoms with Crippen LogP contribution in [0.3, 0.4) is 0 Å². The van der Waals surface area contributed by atoms with E-state index in [4.69, 9.17) is 9.47 Å². The van der Waals surface area contributed by atoms with Crippen molar-refractivity contribution in [2.45, 2.75) is 51.2 Å². The molecule has 7 nitrogen and oxygen atoms in total. The van der Waals surface area contributed by atoms with Gasteiger partial charge in [-0.3, -0.25) is 9.69 Å². The zero-order valence-electron chi connectivity index (χ0n) is 22.6. The average Bonchev–Trinajstić information content (AvgIpc) is 3.55. The van der Waals surface area contributed by atoms with Crippen LogP contribution in [0.25, 0.3) is 11.1 Å². The summed E-state index contributed by atoms with van der Waals surface area (Å²) in [5, 5.41) is 1.98. The summed E-state index contributed by atoms with van der Waals surface area (Å²) in [5.74, 6) is -0.141. The van der Waals surface area contributed by atoms with Gasteiger partial charge in [-0.25, -0.2) is 9.59 Å². The highest BCUT2D eigenvalue weighted by Crippen LogP contribution is 2.44. The molecule has 3 aromatic rings. The first-order valence-corrected chi connectivity index (χ1v) is 14.2. The molecule has 2 amide bonds. The summed E-state index contributed by atoms with van der Waals surface area (Å²) in [7, 11) is 0. The highest BCUT2D eigenvalue weighted by Gasteiger charge is 2.39. The maximum absolute atomic E-state index is 13.4. The van der Waals surface area contributed by atoms with Gasteiger partial charge in [0, 0.05) is 30.3 Å². The number of ketones is 1. The second-order valence-electron chi connectivity index (χ2n) is 11.0. The maximum Gasteiger partial charge on any atom is 0.411 e. The quantitative estimate of drug-likeness (QED) is 0.372. The summed E-state index contributed by atoms with van der Waals surface area (Å²) in [4.78, 5) is 43.7. The minimum Gasteiger partial charge on any atom is -0.448 e. The molecule has 8 heteroatoms. The number of rotatable bonds is 6. The van der Waals surface area contributed by atoms with Crippen molar-refractivity contribution in [1.29, 1.82) is 0 Å². The fourth-order valence-electron chi connectivity index (χ4n) is 5.32. The van der Waals surface area contributed by atoms with E-state index in [9.17, 15) is 14.4 Å². The number of thiophene rings is 1. The van der Waals surface area contributed by atoms with Gasteiger partial charge in [0.2, 0.25) is 0 Å². The molecule has 39 heavy (non-hydrogen) atoms. The van der Waals surface area contributed by atoms with Gasteiger partial charge < -0.3 is 14.4 Å². The molecule has 2 aliphatic rings. The summed E-state index contributed by atoms with van der Waals surface area (Å²) in [6.07, 6.45) is -0.135. The fourth-order valence-corrected chi connectivity index (χ4v) is 6.03. The Morgan fingerprint density at radius 1 is 0.897 bits per heavy atom. The Labute approximate surface area is 233 Å². The van der Waals surface area contributed by atoms with Crippen LogP contribution in [0.1, 0.15) is 49.1 Å². The monoisotopic (exact) mass is 546 g/mol. The second kappa shape index (κ2) is 11.2. The predicted octanol–water partition coefficient (Wildman–Crippen LogP) is 6.12. The zero-order chi connectivity index (χ0) is 27.6. The minimum absolute atomic E-state index is 0.0485. The van der Waals surface area contributed by atoms with E-state index in [0.29, 0.717) is 6.42 Å². The van der Waals surface area contributed by atoms with Crippen molar-refractivity contribution in [3.05, 3.63) is 82.0 Å². The van der Waals surface area contributed by atoms with Gasteiger partial charge in [0.15, 0.2) is 5.78 Å². The van der Waals surface area contributed by atoms with E-state index in [0.717, 1.165) is 27.1 Å². The van der Waals surface area contributed by atoms with Crippen molar-refractivity contribution >= 4 is 29.3 Å². The number of carbonyl (C=O) groups is 3. The van der Waals surface area contributed by atoms with Gasteiger partial charge in [0.25, 0.3) is 0 Å². The van der Waals surface area contributed by atoms with Crippen molar-refractivity contribution in [3.63, 3.8) is 0 Å². The van der Waals surface area contributed by atoms with Crippen LogP contribution in [0.4, 0.5) is 9.59 Å². The van der Waals surface area contributed by atoms with Crippen LogP contribution in [0.15, 0.2) is 66.0 Å². The van der Waals surface area contributed by atoms with E-state index in [1.54, 1.807) is 37.0 Å². The summed E-state index contributed by atoms with van der Waals surface area (Å²) in [6.45, 7) is 6.15. The lowest BCUT2D eigenvalue weighted by Crippen LogP contribution is -2.60. The van der Waals surface area contributed by atoms with E-state index in [2.05, 4.69) is 24.3 Å². The zero-order valence-corrected chi connectivity index (χ0v) is 23.4. The number of hydrogen-bond donors (Lipinski definition) is 0. The van der Waals surface area contributed by atoms with Crippen molar-refractivity contribution < 1.29 is 23.9 Å². The van der Waals surface area contributed by atoms with Crippen LogP contribution < -0.4 is 0 Å². The minimum atomic E-state index is -0.783. The lowest BCUT2D eigenvalue weighted by Gasteiger charge is -2.40. The number of benzene rings is 2. The molecule has 1 aliphatic heterocycles. The summed E-state index contributed by atoms with van der Waals surface area (Å²) in [6, 6.07) is 19.6. The first kappa shape index (κ1) is 26.9. The van der Waals surface area contributed by atoms with E-state index in [1.807, 2.05) is 41.8 Å². The molecule has 2 aromatic carbocycles. The first-order valence-electron chi connectivity index (χ1n) is 13.4. The highest BCUT2D eigenvalue weighted by atomic mass is 32.1. The Morgan fingerprint density at radius 3 is 2.18 bits per heavy atom. The van der Waals surface area contributed by atoms with Crippen LogP contribution in [-0.2, 0) is 20.7 Å². The topological polar surface area (TPSA) is 76.2 Å².